The lowest BCUT2D eigenvalue weighted by Crippen LogP contribution is -2.24. The van der Waals surface area contributed by atoms with Crippen LogP contribution >= 0.6 is 11.6 Å². The van der Waals surface area contributed by atoms with Gasteiger partial charge in [-0.2, -0.15) is 0 Å². The van der Waals surface area contributed by atoms with E-state index in [-0.39, 0.29) is 5.38 Å². The Kier molecular flexibility index (Phi) is 3.00. The topological polar surface area (TPSA) is 0 Å². The molecule has 11 heavy (non-hydrogen) atoms. The summed E-state index contributed by atoms with van der Waals surface area (Å²) >= 11 is 6.16. The van der Waals surface area contributed by atoms with Crippen LogP contribution in [-0.2, 0) is 0 Å². The highest BCUT2D eigenvalue weighted by Crippen LogP contribution is 2.32. The van der Waals surface area contributed by atoms with E-state index in [1.165, 1.54) is 6.42 Å². The molecule has 0 radical (unpaired) electrons. The second kappa shape index (κ2) is 3.62. The molecule has 0 saturated heterocycles. The third-order valence-electron chi connectivity index (χ3n) is 2.53. The quantitative estimate of drug-likeness (QED) is 0.420. The van der Waals surface area contributed by atoms with Crippen molar-refractivity contribution < 1.29 is 0 Å². The molecule has 1 aliphatic rings. The molecule has 0 amide bonds. The summed E-state index contributed by atoms with van der Waals surface area (Å²) in [6, 6.07) is 0. The number of hydrogen-bond acceptors (Lipinski definition) is 0. The van der Waals surface area contributed by atoms with Crippen LogP contribution in [-0.4, -0.2) is 5.38 Å². The zero-order valence-corrected chi connectivity index (χ0v) is 8.31. The summed E-state index contributed by atoms with van der Waals surface area (Å²) in [5.74, 6) is 2.11. The Labute approximate surface area is 74.6 Å². The van der Waals surface area contributed by atoms with E-state index < -0.39 is 0 Å². The van der Waals surface area contributed by atoms with Crippen LogP contribution in [0.2, 0.25) is 0 Å². The fourth-order valence-corrected chi connectivity index (χ4v) is 2.19. The van der Waals surface area contributed by atoms with Gasteiger partial charge < -0.3 is 0 Å². The van der Waals surface area contributed by atoms with Crippen LogP contribution in [0.1, 0.15) is 27.2 Å². The van der Waals surface area contributed by atoms with Gasteiger partial charge in [-0.05, 0) is 24.2 Å². The van der Waals surface area contributed by atoms with E-state index in [0.717, 1.165) is 5.92 Å². The Morgan fingerprint density at radius 2 is 2.00 bits per heavy atom. The summed E-state index contributed by atoms with van der Waals surface area (Å²) in [4.78, 5) is 0. The average Bonchev–Trinajstić information content (AvgIpc) is 1.94. The van der Waals surface area contributed by atoms with E-state index in [1.54, 1.807) is 0 Å². The molecular weight excluding hydrogens is 156 g/mol. The predicted molar refractivity (Wildman–Crippen MR) is 50.9 cm³/mol. The fourth-order valence-electron chi connectivity index (χ4n) is 1.72. The van der Waals surface area contributed by atoms with Gasteiger partial charge in [0.25, 0.3) is 0 Å². The van der Waals surface area contributed by atoms with Gasteiger partial charge in [-0.15, -0.1) is 11.6 Å². The molecule has 0 aromatic rings. The summed E-state index contributed by atoms with van der Waals surface area (Å²) in [5.41, 5.74) is 0. The molecule has 0 aliphatic heterocycles. The molecule has 0 nitrogen and oxygen atoms in total. The van der Waals surface area contributed by atoms with Crippen LogP contribution in [0.15, 0.2) is 12.2 Å². The SMILES string of the molecule is CC1C=CC(Cl)C(C(C)C)C1. The minimum absolute atomic E-state index is 0.270. The summed E-state index contributed by atoms with van der Waals surface area (Å²) in [6.45, 7) is 6.77. The highest BCUT2D eigenvalue weighted by molar-refractivity contribution is 6.22. The molecule has 64 valence electrons. The van der Waals surface area contributed by atoms with E-state index in [4.69, 9.17) is 11.6 Å². The highest BCUT2D eigenvalue weighted by atomic mass is 35.5. The van der Waals surface area contributed by atoms with Crippen LogP contribution in [0.3, 0.4) is 0 Å². The van der Waals surface area contributed by atoms with Crippen molar-refractivity contribution in [1.82, 2.24) is 0 Å². The van der Waals surface area contributed by atoms with Crippen molar-refractivity contribution in [2.24, 2.45) is 17.8 Å². The van der Waals surface area contributed by atoms with Crippen molar-refractivity contribution in [2.75, 3.05) is 0 Å². The number of alkyl halides is 1. The van der Waals surface area contributed by atoms with Gasteiger partial charge in [-0.1, -0.05) is 32.9 Å². The summed E-state index contributed by atoms with van der Waals surface area (Å²) in [6.07, 6.45) is 5.64. The molecule has 0 bridgehead atoms. The first-order chi connectivity index (χ1) is 5.11. The molecule has 3 atom stereocenters. The number of halogens is 1. The average molecular weight is 173 g/mol. The van der Waals surface area contributed by atoms with E-state index in [1.807, 2.05) is 0 Å². The molecule has 0 fully saturated rings. The lowest BCUT2D eigenvalue weighted by molar-refractivity contribution is 0.324. The maximum Gasteiger partial charge on any atom is 0.0546 e. The molecular formula is C10H17Cl. The van der Waals surface area contributed by atoms with Crippen molar-refractivity contribution in [1.29, 1.82) is 0 Å². The van der Waals surface area contributed by atoms with Crippen molar-refractivity contribution in [2.45, 2.75) is 32.6 Å². The second-order valence-electron chi connectivity index (χ2n) is 3.95. The first-order valence-electron chi connectivity index (χ1n) is 4.43. The van der Waals surface area contributed by atoms with Gasteiger partial charge in [0.2, 0.25) is 0 Å². The largest absolute Gasteiger partial charge is 0.118 e. The van der Waals surface area contributed by atoms with Crippen LogP contribution in [0.4, 0.5) is 0 Å². The maximum absolute atomic E-state index is 6.16. The summed E-state index contributed by atoms with van der Waals surface area (Å²) < 4.78 is 0. The van der Waals surface area contributed by atoms with Crippen molar-refractivity contribution in [3.05, 3.63) is 12.2 Å². The summed E-state index contributed by atoms with van der Waals surface area (Å²) in [5, 5.41) is 0.270. The standard InChI is InChI=1S/C10H17Cl/c1-7(2)9-6-8(3)4-5-10(9)11/h4-5,7-10H,6H2,1-3H3. The fraction of sp³-hybridized carbons (Fsp3) is 0.800. The van der Waals surface area contributed by atoms with Crippen LogP contribution < -0.4 is 0 Å². The first-order valence-corrected chi connectivity index (χ1v) is 4.87. The molecule has 0 aromatic heterocycles. The second-order valence-corrected chi connectivity index (χ2v) is 4.45. The Balaban J connectivity index is 2.60. The minimum Gasteiger partial charge on any atom is -0.118 e. The predicted octanol–water partition coefficient (Wildman–Crippen LogP) is 3.46. The van der Waals surface area contributed by atoms with E-state index in [0.29, 0.717) is 11.8 Å². The van der Waals surface area contributed by atoms with E-state index in [9.17, 15) is 0 Å². The zero-order valence-electron chi connectivity index (χ0n) is 7.55. The van der Waals surface area contributed by atoms with Gasteiger partial charge in [0.05, 0.1) is 5.38 Å². The van der Waals surface area contributed by atoms with E-state index in [2.05, 4.69) is 32.9 Å². The summed E-state index contributed by atoms with van der Waals surface area (Å²) in [7, 11) is 0. The monoisotopic (exact) mass is 172 g/mol. The molecule has 0 saturated carbocycles. The Morgan fingerprint density at radius 3 is 2.45 bits per heavy atom. The molecule has 3 unspecified atom stereocenters. The van der Waals surface area contributed by atoms with Gasteiger partial charge in [-0.25, -0.2) is 0 Å². The lowest BCUT2D eigenvalue weighted by atomic mass is 9.80. The lowest BCUT2D eigenvalue weighted by Gasteiger charge is -2.29. The molecule has 0 aromatic carbocycles. The van der Waals surface area contributed by atoms with Crippen LogP contribution in [0.25, 0.3) is 0 Å². The van der Waals surface area contributed by atoms with Crippen molar-refractivity contribution in [3.8, 4) is 0 Å². The number of hydrogen-bond donors (Lipinski definition) is 0. The molecule has 1 heteroatoms. The van der Waals surface area contributed by atoms with Gasteiger partial charge >= 0.3 is 0 Å². The Morgan fingerprint density at radius 1 is 1.36 bits per heavy atom. The van der Waals surface area contributed by atoms with Gasteiger partial charge in [-0.3, -0.25) is 0 Å². The van der Waals surface area contributed by atoms with Gasteiger partial charge in [0, 0.05) is 0 Å². The molecule has 1 rings (SSSR count). The Hall–Kier alpha value is 0.0300. The maximum atomic E-state index is 6.16. The van der Waals surface area contributed by atoms with Crippen molar-refractivity contribution in [3.63, 3.8) is 0 Å². The highest BCUT2D eigenvalue weighted by Gasteiger charge is 2.25. The Bertz CT molecular complexity index is 149. The number of rotatable bonds is 1. The van der Waals surface area contributed by atoms with Crippen LogP contribution in [0, 0.1) is 17.8 Å². The normalized spacial score (nSPS) is 38.1. The molecule has 0 heterocycles. The molecule has 0 N–H and O–H groups in total. The van der Waals surface area contributed by atoms with Crippen LogP contribution in [0.5, 0.6) is 0 Å². The van der Waals surface area contributed by atoms with E-state index >= 15 is 0 Å². The smallest absolute Gasteiger partial charge is 0.0546 e. The van der Waals surface area contributed by atoms with Gasteiger partial charge in [0.15, 0.2) is 0 Å². The molecule has 0 spiro atoms. The first kappa shape index (κ1) is 9.12. The number of allylic oxidation sites excluding steroid dienone is 2. The third kappa shape index (κ3) is 2.23. The van der Waals surface area contributed by atoms with Crippen molar-refractivity contribution >= 4 is 11.6 Å². The minimum atomic E-state index is 0.270. The third-order valence-corrected chi connectivity index (χ3v) is 3.00. The molecule has 1 aliphatic carbocycles. The van der Waals surface area contributed by atoms with Gasteiger partial charge in [0.1, 0.15) is 0 Å². The zero-order chi connectivity index (χ0) is 8.43.